The maximum atomic E-state index is 14.0. The largest absolute Gasteiger partial charge is 0.492 e. The fraction of sp³-hybridized carbons (Fsp3) is 0.339. The molecule has 3 atom stereocenters. The lowest BCUT2D eigenvalue weighted by atomic mass is 9.85. The van der Waals surface area contributed by atoms with E-state index in [1.165, 1.54) is 21.6 Å². The predicted molar refractivity (Wildman–Crippen MR) is 287 cm³/mol. The van der Waals surface area contributed by atoms with Crippen molar-refractivity contribution in [2.75, 3.05) is 46.6 Å². The molecule has 6 aromatic rings. The summed E-state index contributed by atoms with van der Waals surface area (Å²) in [5, 5.41) is 16.4. The zero-order valence-electron chi connectivity index (χ0n) is 42.6. The number of carbonyl (C=O) groups excluding carboxylic acids is 4. The number of aliphatic hydroxyl groups is 1. The van der Waals surface area contributed by atoms with Crippen LogP contribution in [-0.2, 0) is 36.9 Å². The van der Waals surface area contributed by atoms with E-state index in [9.17, 15) is 24.3 Å². The van der Waals surface area contributed by atoms with Gasteiger partial charge in [0.2, 0.25) is 17.7 Å². The van der Waals surface area contributed by atoms with E-state index in [4.69, 9.17) is 14.2 Å². The number of amides is 4. The average Bonchev–Trinajstić information content (AvgIpc) is 4.02. The lowest BCUT2D eigenvalue weighted by molar-refractivity contribution is -0.144. The summed E-state index contributed by atoms with van der Waals surface area (Å²) < 4.78 is 17.6. The number of aryl methyl sites for hydroxylation is 1. The molecule has 1 saturated heterocycles. The predicted octanol–water partition coefficient (Wildman–Crippen LogP) is 8.77. The third-order valence-corrected chi connectivity index (χ3v) is 13.8. The van der Waals surface area contributed by atoms with Crippen molar-refractivity contribution in [2.24, 2.45) is 5.41 Å². The van der Waals surface area contributed by atoms with Gasteiger partial charge in [0.1, 0.15) is 36.8 Å². The highest BCUT2D eigenvalue weighted by atomic mass is 32.1. The van der Waals surface area contributed by atoms with Crippen LogP contribution in [0.2, 0.25) is 0 Å². The molecule has 1 aliphatic heterocycles. The molecule has 1 aliphatic rings. The molecule has 3 N–H and O–H groups in total. The SMILES string of the molecule is CC/C(=C(\c1ccccc1)c1ccc(OCCN(C)C(=O)COc2ccc(CCOCC(=O)N[C@H](C(=O)N3C[C@H](O)C[C@H]3C(=O)NCc3ccc(-c4scnc4C)cc3)C(C)(C)C)cc2)cc1)c1ccccc1. The van der Waals surface area contributed by atoms with Crippen molar-refractivity contribution in [1.29, 1.82) is 0 Å². The minimum absolute atomic E-state index is 0.0201. The molecule has 14 heteroatoms. The number of carbonyl (C=O) groups is 4. The van der Waals surface area contributed by atoms with Crippen LogP contribution < -0.4 is 20.1 Å². The maximum Gasteiger partial charge on any atom is 0.260 e. The summed E-state index contributed by atoms with van der Waals surface area (Å²) in [6, 6.07) is 42.3. The van der Waals surface area contributed by atoms with Crippen molar-refractivity contribution in [3.8, 4) is 21.9 Å². The summed E-state index contributed by atoms with van der Waals surface area (Å²) in [6.07, 6.45) is 0.602. The number of allylic oxidation sites excluding steroid dienone is 1. The number of hydrogen-bond acceptors (Lipinski definition) is 10. The zero-order valence-corrected chi connectivity index (χ0v) is 43.5. The van der Waals surface area contributed by atoms with E-state index in [0.717, 1.165) is 50.6 Å². The second-order valence-electron chi connectivity index (χ2n) is 19.3. The third kappa shape index (κ3) is 14.7. The summed E-state index contributed by atoms with van der Waals surface area (Å²) in [6.45, 7) is 10.4. The van der Waals surface area contributed by atoms with Crippen molar-refractivity contribution >= 4 is 46.1 Å². The Morgan fingerprint density at radius 2 is 1.41 bits per heavy atom. The monoisotopic (exact) mass is 1010 g/mol. The minimum Gasteiger partial charge on any atom is -0.492 e. The number of aromatic nitrogens is 1. The van der Waals surface area contributed by atoms with Gasteiger partial charge in [-0.3, -0.25) is 19.2 Å². The van der Waals surface area contributed by atoms with Gasteiger partial charge < -0.3 is 39.8 Å². The molecule has 7 rings (SSSR count). The first kappa shape index (κ1) is 53.7. The van der Waals surface area contributed by atoms with E-state index in [2.05, 4.69) is 83.2 Å². The summed E-state index contributed by atoms with van der Waals surface area (Å²) in [4.78, 5) is 62.0. The second-order valence-corrected chi connectivity index (χ2v) is 20.2. The smallest absolute Gasteiger partial charge is 0.260 e. The normalized spacial score (nSPS) is 15.2. The van der Waals surface area contributed by atoms with Crippen LogP contribution in [0.1, 0.15) is 74.0 Å². The topological polar surface area (TPSA) is 160 Å². The summed E-state index contributed by atoms with van der Waals surface area (Å²) in [7, 11) is 1.72. The van der Waals surface area contributed by atoms with Crippen LogP contribution in [0.4, 0.5) is 0 Å². The Hall–Kier alpha value is -7.13. The van der Waals surface area contributed by atoms with E-state index in [1.54, 1.807) is 35.4 Å². The number of likely N-dealkylation sites (tertiary alicyclic amines) is 1. The summed E-state index contributed by atoms with van der Waals surface area (Å²) in [5.74, 6) is -0.213. The molecule has 0 aliphatic carbocycles. The standard InChI is InChI=1S/C59H67N5O8S/c1-7-50(43-14-10-8-11-15-43)54(44-16-12-9-13-17-44)45-24-28-48(29-25-45)71-33-31-63(6)53(67)38-72-49-26-20-41(21-27-49)30-32-70-37-52(66)62-56(59(3,4)5)58(69)64-36-47(65)34-51(64)57(68)60-35-42-18-22-46(23-19-42)55-40(2)61-39-73-55/h8-29,39,47,51,56,65H,7,30-38H2,1-6H3,(H,60,68)(H,62,66)/b54-50-/t47-,51+,56-/m1/s1. The molecule has 0 saturated carbocycles. The van der Waals surface area contributed by atoms with E-state index < -0.39 is 35.4 Å². The molecular formula is C59H67N5O8S. The minimum atomic E-state index is -0.972. The second kappa shape index (κ2) is 25.5. The van der Waals surface area contributed by atoms with Gasteiger partial charge in [-0.05, 0) is 94.0 Å². The van der Waals surface area contributed by atoms with Crippen LogP contribution in [0.25, 0.3) is 21.6 Å². The molecule has 0 spiro atoms. The van der Waals surface area contributed by atoms with Gasteiger partial charge in [0.25, 0.3) is 5.91 Å². The lowest BCUT2D eigenvalue weighted by Crippen LogP contribution is -2.58. The number of thiazole rings is 1. The Morgan fingerprint density at radius 1 is 0.795 bits per heavy atom. The molecule has 1 fully saturated rings. The number of aliphatic hydroxyl groups excluding tert-OH is 1. The van der Waals surface area contributed by atoms with Crippen molar-refractivity contribution in [3.63, 3.8) is 0 Å². The molecule has 5 aromatic carbocycles. The first-order valence-corrected chi connectivity index (χ1v) is 25.7. The quantitative estimate of drug-likeness (QED) is 0.0447. The van der Waals surface area contributed by atoms with Crippen molar-refractivity contribution < 1.29 is 38.5 Å². The van der Waals surface area contributed by atoms with Gasteiger partial charge in [0.15, 0.2) is 6.61 Å². The molecular weight excluding hydrogens is 939 g/mol. The number of ether oxygens (including phenoxy) is 3. The van der Waals surface area contributed by atoms with E-state index in [0.29, 0.717) is 25.3 Å². The van der Waals surface area contributed by atoms with Crippen LogP contribution in [0.3, 0.4) is 0 Å². The number of β-amino-alcohol motifs (C(OH)–C–C–N with tert-alkyl or cyclic N) is 1. The number of nitrogens with zero attached hydrogens (tertiary/aromatic N) is 3. The van der Waals surface area contributed by atoms with Crippen LogP contribution in [0.5, 0.6) is 11.5 Å². The molecule has 0 unspecified atom stereocenters. The van der Waals surface area contributed by atoms with Crippen molar-refractivity contribution in [1.82, 2.24) is 25.4 Å². The Balaban J connectivity index is 0.811. The van der Waals surface area contributed by atoms with Crippen LogP contribution >= 0.6 is 11.3 Å². The number of rotatable bonds is 22. The van der Waals surface area contributed by atoms with Gasteiger partial charge in [0.05, 0.1) is 35.3 Å². The van der Waals surface area contributed by atoms with Crippen LogP contribution in [0, 0.1) is 12.3 Å². The Morgan fingerprint density at radius 3 is 2.04 bits per heavy atom. The molecule has 1 aromatic heterocycles. The highest BCUT2D eigenvalue weighted by Gasteiger charge is 2.44. The van der Waals surface area contributed by atoms with Crippen molar-refractivity contribution in [2.45, 2.75) is 78.6 Å². The Bertz CT molecular complexity index is 2790. The van der Waals surface area contributed by atoms with Crippen LogP contribution in [0.15, 0.2) is 139 Å². The zero-order chi connectivity index (χ0) is 51.9. The van der Waals surface area contributed by atoms with Crippen molar-refractivity contribution in [3.05, 3.63) is 172 Å². The first-order chi connectivity index (χ1) is 35.2. The molecule has 13 nitrogen and oxygen atoms in total. The molecule has 4 amide bonds. The fourth-order valence-electron chi connectivity index (χ4n) is 8.77. The van der Waals surface area contributed by atoms with Gasteiger partial charge in [-0.15, -0.1) is 11.3 Å². The average molecular weight is 1010 g/mol. The van der Waals surface area contributed by atoms with Gasteiger partial charge in [-0.25, -0.2) is 4.98 Å². The molecule has 382 valence electrons. The summed E-state index contributed by atoms with van der Waals surface area (Å²) in [5.41, 5.74) is 10.9. The van der Waals surface area contributed by atoms with E-state index in [-0.39, 0.29) is 51.1 Å². The molecule has 0 radical (unpaired) electrons. The lowest BCUT2D eigenvalue weighted by Gasteiger charge is -2.35. The van der Waals surface area contributed by atoms with Gasteiger partial charge in [0, 0.05) is 26.6 Å². The number of likely N-dealkylation sites (N-methyl/N-ethyl adjacent to an activating group) is 1. The Labute approximate surface area is 433 Å². The van der Waals surface area contributed by atoms with Gasteiger partial charge in [-0.2, -0.15) is 0 Å². The molecule has 0 bridgehead atoms. The highest BCUT2D eigenvalue weighted by Crippen LogP contribution is 2.35. The van der Waals surface area contributed by atoms with Crippen LogP contribution in [-0.4, -0.2) is 108 Å². The molecule has 2 heterocycles. The highest BCUT2D eigenvalue weighted by molar-refractivity contribution is 7.13. The summed E-state index contributed by atoms with van der Waals surface area (Å²) >= 11 is 1.57. The number of benzene rings is 5. The number of nitrogens with one attached hydrogen (secondary N) is 2. The first-order valence-electron chi connectivity index (χ1n) is 24.8. The van der Waals surface area contributed by atoms with E-state index in [1.807, 2.05) is 93.9 Å². The maximum absolute atomic E-state index is 14.0. The third-order valence-electron chi connectivity index (χ3n) is 12.9. The number of hydrogen-bond donors (Lipinski definition) is 3. The van der Waals surface area contributed by atoms with Gasteiger partial charge >= 0.3 is 0 Å². The van der Waals surface area contributed by atoms with E-state index >= 15 is 0 Å². The van der Waals surface area contributed by atoms with Gasteiger partial charge in [-0.1, -0.05) is 137 Å². The fourth-order valence-corrected chi connectivity index (χ4v) is 9.58. The molecule has 73 heavy (non-hydrogen) atoms. The Kier molecular flexibility index (Phi) is 18.7.